The number of piperidine rings is 1. The van der Waals surface area contributed by atoms with Crippen molar-refractivity contribution in [3.05, 3.63) is 23.4 Å². The number of nitrogens with one attached hydrogen (secondary N) is 1. The van der Waals surface area contributed by atoms with Crippen molar-refractivity contribution in [2.45, 2.75) is 53.0 Å². The summed E-state index contributed by atoms with van der Waals surface area (Å²) in [5.41, 5.74) is 2.60. The van der Waals surface area contributed by atoms with E-state index in [0.717, 1.165) is 44.3 Å². The Morgan fingerprint density at radius 2 is 2.00 bits per heavy atom. The molecule has 21 heavy (non-hydrogen) atoms. The molecule has 1 aliphatic heterocycles. The number of hydrogen-bond donors (Lipinski definition) is 1. The Morgan fingerprint density at radius 1 is 1.29 bits per heavy atom. The maximum Gasteiger partial charge on any atom is 0.129 e. The van der Waals surface area contributed by atoms with Crippen LogP contribution in [0, 0.1) is 11.8 Å². The largest absolute Gasteiger partial charge is 0.357 e. The van der Waals surface area contributed by atoms with Gasteiger partial charge in [0.25, 0.3) is 0 Å². The third kappa shape index (κ3) is 4.44. The van der Waals surface area contributed by atoms with Crippen molar-refractivity contribution in [1.29, 1.82) is 0 Å². The predicted molar refractivity (Wildman–Crippen MR) is 90.8 cm³/mol. The van der Waals surface area contributed by atoms with E-state index in [-0.39, 0.29) is 0 Å². The first-order valence-electron chi connectivity index (χ1n) is 8.53. The van der Waals surface area contributed by atoms with Crippen LogP contribution in [-0.2, 0) is 13.0 Å². The molecule has 1 saturated heterocycles. The molecule has 1 N–H and O–H groups in total. The second-order valence-electron chi connectivity index (χ2n) is 6.67. The first-order chi connectivity index (χ1) is 10.1. The van der Waals surface area contributed by atoms with E-state index in [1.807, 2.05) is 7.05 Å². The van der Waals surface area contributed by atoms with E-state index in [0.29, 0.717) is 0 Å². The lowest BCUT2D eigenvalue weighted by Gasteiger charge is -2.35. The van der Waals surface area contributed by atoms with Crippen LogP contribution in [0.5, 0.6) is 0 Å². The van der Waals surface area contributed by atoms with Crippen LogP contribution in [-0.4, -0.2) is 25.1 Å². The van der Waals surface area contributed by atoms with Gasteiger partial charge in [-0.15, -0.1) is 0 Å². The third-order valence-electron chi connectivity index (χ3n) is 4.62. The standard InChI is InChI=1S/C18H31N3/c1-5-6-17-11-15(13-19-4)12-18(20-17)21-9-7-16(8-10-21)14(2)3/h11-12,14,16,19H,5-10,13H2,1-4H3. The Bertz CT molecular complexity index is 410. The minimum Gasteiger partial charge on any atom is -0.357 e. The molecule has 0 radical (unpaired) electrons. The summed E-state index contributed by atoms with van der Waals surface area (Å²) >= 11 is 0. The fourth-order valence-corrected chi connectivity index (χ4v) is 3.28. The Kier molecular flexibility index (Phi) is 6.04. The van der Waals surface area contributed by atoms with Crippen LogP contribution in [0.4, 0.5) is 5.82 Å². The van der Waals surface area contributed by atoms with Gasteiger partial charge in [0.1, 0.15) is 5.82 Å². The maximum atomic E-state index is 4.90. The lowest BCUT2D eigenvalue weighted by molar-refractivity contribution is 0.310. The lowest BCUT2D eigenvalue weighted by Crippen LogP contribution is -2.36. The van der Waals surface area contributed by atoms with Crippen molar-refractivity contribution in [3.63, 3.8) is 0 Å². The van der Waals surface area contributed by atoms with Crippen LogP contribution in [0.25, 0.3) is 0 Å². The number of anilines is 1. The molecule has 1 aliphatic rings. The quantitative estimate of drug-likeness (QED) is 0.867. The van der Waals surface area contributed by atoms with Gasteiger partial charge >= 0.3 is 0 Å². The van der Waals surface area contributed by atoms with Crippen molar-refractivity contribution in [1.82, 2.24) is 10.3 Å². The van der Waals surface area contributed by atoms with Gasteiger partial charge in [-0.1, -0.05) is 27.2 Å². The SMILES string of the molecule is CCCc1cc(CNC)cc(N2CCC(C(C)C)CC2)n1. The Hall–Kier alpha value is -1.09. The first kappa shape index (κ1) is 16.3. The van der Waals surface area contributed by atoms with Crippen molar-refractivity contribution in [2.75, 3.05) is 25.0 Å². The molecule has 2 rings (SSSR count). The minimum atomic E-state index is 0.811. The molecular weight excluding hydrogens is 258 g/mol. The Balaban J connectivity index is 2.11. The number of aromatic nitrogens is 1. The number of hydrogen-bond acceptors (Lipinski definition) is 3. The summed E-state index contributed by atoms with van der Waals surface area (Å²) in [6, 6.07) is 4.52. The molecular formula is C18H31N3. The van der Waals surface area contributed by atoms with E-state index in [2.05, 4.69) is 43.1 Å². The van der Waals surface area contributed by atoms with Crippen molar-refractivity contribution in [2.24, 2.45) is 11.8 Å². The lowest BCUT2D eigenvalue weighted by atomic mass is 9.87. The van der Waals surface area contributed by atoms with E-state index in [9.17, 15) is 0 Å². The number of nitrogens with zero attached hydrogens (tertiary/aromatic N) is 2. The molecule has 0 amide bonds. The predicted octanol–water partition coefficient (Wildman–Crippen LogP) is 3.63. The summed E-state index contributed by atoms with van der Waals surface area (Å²) in [4.78, 5) is 7.38. The highest BCUT2D eigenvalue weighted by Gasteiger charge is 2.22. The molecule has 0 unspecified atom stereocenters. The second kappa shape index (κ2) is 7.79. The fourth-order valence-electron chi connectivity index (χ4n) is 3.28. The molecule has 3 heteroatoms. The zero-order valence-electron chi connectivity index (χ0n) is 14.2. The van der Waals surface area contributed by atoms with E-state index in [1.165, 1.54) is 29.9 Å². The van der Waals surface area contributed by atoms with Gasteiger partial charge in [-0.3, -0.25) is 0 Å². The second-order valence-corrected chi connectivity index (χ2v) is 6.67. The molecule has 0 spiro atoms. The molecule has 0 aromatic carbocycles. The van der Waals surface area contributed by atoms with E-state index >= 15 is 0 Å². The molecule has 0 aliphatic carbocycles. The van der Waals surface area contributed by atoms with Crippen LogP contribution in [0.1, 0.15) is 51.3 Å². The summed E-state index contributed by atoms with van der Waals surface area (Å²) in [6.45, 7) is 10.2. The number of aryl methyl sites for hydroxylation is 1. The summed E-state index contributed by atoms with van der Waals surface area (Å²) < 4.78 is 0. The van der Waals surface area contributed by atoms with Crippen LogP contribution in [0.15, 0.2) is 12.1 Å². The highest BCUT2D eigenvalue weighted by Crippen LogP contribution is 2.27. The van der Waals surface area contributed by atoms with E-state index in [4.69, 9.17) is 4.98 Å². The molecule has 1 fully saturated rings. The van der Waals surface area contributed by atoms with Crippen molar-refractivity contribution < 1.29 is 0 Å². The van der Waals surface area contributed by atoms with Crippen LogP contribution in [0.2, 0.25) is 0 Å². The normalized spacial score (nSPS) is 16.7. The van der Waals surface area contributed by atoms with Gasteiger partial charge in [-0.05, 0) is 55.8 Å². The van der Waals surface area contributed by atoms with Gasteiger partial charge in [-0.2, -0.15) is 0 Å². The van der Waals surface area contributed by atoms with Gasteiger partial charge in [0.15, 0.2) is 0 Å². The number of rotatable bonds is 6. The van der Waals surface area contributed by atoms with Crippen LogP contribution in [0.3, 0.4) is 0 Å². The molecule has 0 bridgehead atoms. The molecule has 118 valence electrons. The molecule has 1 aromatic rings. The zero-order chi connectivity index (χ0) is 15.2. The monoisotopic (exact) mass is 289 g/mol. The smallest absolute Gasteiger partial charge is 0.129 e. The van der Waals surface area contributed by atoms with E-state index < -0.39 is 0 Å². The molecule has 0 saturated carbocycles. The van der Waals surface area contributed by atoms with Gasteiger partial charge < -0.3 is 10.2 Å². The summed E-state index contributed by atoms with van der Waals surface area (Å²) in [5, 5.41) is 3.26. The van der Waals surface area contributed by atoms with Crippen molar-refractivity contribution >= 4 is 5.82 Å². The highest BCUT2D eigenvalue weighted by molar-refractivity contribution is 5.43. The minimum absolute atomic E-state index is 0.811. The van der Waals surface area contributed by atoms with E-state index in [1.54, 1.807) is 0 Å². The topological polar surface area (TPSA) is 28.2 Å². The first-order valence-corrected chi connectivity index (χ1v) is 8.53. The fraction of sp³-hybridized carbons (Fsp3) is 0.722. The van der Waals surface area contributed by atoms with Gasteiger partial charge in [0.05, 0.1) is 0 Å². The molecule has 2 heterocycles. The van der Waals surface area contributed by atoms with Gasteiger partial charge in [0.2, 0.25) is 0 Å². The van der Waals surface area contributed by atoms with Gasteiger partial charge in [-0.25, -0.2) is 4.98 Å². The Labute approximate surface area is 130 Å². The highest BCUT2D eigenvalue weighted by atomic mass is 15.2. The average Bonchev–Trinajstić information content (AvgIpc) is 2.48. The average molecular weight is 289 g/mol. The zero-order valence-corrected chi connectivity index (χ0v) is 14.2. The summed E-state index contributed by atoms with van der Waals surface area (Å²) in [7, 11) is 2.01. The maximum absolute atomic E-state index is 4.90. The van der Waals surface area contributed by atoms with Crippen LogP contribution < -0.4 is 10.2 Å². The molecule has 3 nitrogen and oxygen atoms in total. The number of pyridine rings is 1. The summed E-state index contributed by atoms with van der Waals surface area (Å²) in [5.74, 6) is 2.89. The summed E-state index contributed by atoms with van der Waals surface area (Å²) in [6.07, 6.45) is 4.84. The molecule has 0 atom stereocenters. The van der Waals surface area contributed by atoms with Gasteiger partial charge in [0, 0.05) is 25.3 Å². The van der Waals surface area contributed by atoms with Crippen LogP contribution >= 0.6 is 0 Å². The third-order valence-corrected chi connectivity index (χ3v) is 4.62. The Morgan fingerprint density at radius 3 is 2.57 bits per heavy atom. The van der Waals surface area contributed by atoms with Crippen molar-refractivity contribution in [3.8, 4) is 0 Å². The molecule has 1 aromatic heterocycles.